The average Bonchev–Trinajstić information content (AvgIpc) is 2.72. The Morgan fingerprint density at radius 2 is 1.55 bits per heavy atom. The number of thiol groups is 1. The summed E-state index contributed by atoms with van der Waals surface area (Å²) >= 11 is 4.36. The summed E-state index contributed by atoms with van der Waals surface area (Å²) in [6, 6.07) is 22.2. The molecule has 0 atom stereocenters. The highest BCUT2D eigenvalue weighted by Crippen LogP contribution is 2.31. The lowest BCUT2D eigenvalue weighted by molar-refractivity contribution is 0.416. The van der Waals surface area contributed by atoms with Crippen LogP contribution in [0.1, 0.15) is 16.7 Å². The molecule has 0 unspecified atom stereocenters. The molecule has 2 N–H and O–H groups in total. The molecule has 0 fully saturated rings. The normalized spacial score (nSPS) is 10.4. The molecule has 4 heteroatoms. The van der Waals surface area contributed by atoms with Gasteiger partial charge in [0.05, 0.1) is 12.6 Å². The molecule has 1 aromatic heterocycles. The van der Waals surface area contributed by atoms with Gasteiger partial charge in [-0.25, -0.2) is 4.98 Å². The number of para-hydroxylation sites is 1. The summed E-state index contributed by atoms with van der Waals surface area (Å²) in [5.41, 5.74) is 12.6. The summed E-state index contributed by atoms with van der Waals surface area (Å²) in [6.07, 6.45) is 0. The largest absolute Gasteiger partial charge is 0.496 e. The van der Waals surface area contributed by atoms with Crippen molar-refractivity contribution in [2.75, 3.05) is 12.8 Å². The van der Waals surface area contributed by atoms with Crippen LogP contribution < -0.4 is 10.5 Å². The number of benzene rings is 3. The molecule has 0 radical (unpaired) electrons. The third-order valence-electron chi connectivity index (χ3n) is 4.76. The molecule has 148 valence electrons. The van der Waals surface area contributed by atoms with Crippen LogP contribution in [-0.4, -0.2) is 12.1 Å². The Morgan fingerprint density at radius 1 is 0.862 bits per heavy atom. The predicted octanol–water partition coefficient (Wildman–Crippen LogP) is 6.39. The number of nitrogen functional groups attached to an aromatic ring is 1. The highest BCUT2D eigenvalue weighted by Gasteiger charge is 2.06. The number of methoxy groups -OCH3 is 1. The van der Waals surface area contributed by atoms with Gasteiger partial charge in [0.25, 0.3) is 0 Å². The summed E-state index contributed by atoms with van der Waals surface area (Å²) in [7, 11) is 1.68. The van der Waals surface area contributed by atoms with Crippen molar-refractivity contribution in [3.05, 3.63) is 83.4 Å². The second-order valence-corrected chi connectivity index (χ2v) is 7.54. The highest BCUT2D eigenvalue weighted by molar-refractivity contribution is 7.80. The molecule has 0 aliphatic rings. The zero-order valence-electron chi connectivity index (χ0n) is 17.2. The quantitative estimate of drug-likeness (QED) is 0.382. The molecule has 0 saturated carbocycles. The van der Waals surface area contributed by atoms with E-state index in [9.17, 15) is 0 Å². The molecule has 0 spiro atoms. The number of aromatic nitrogens is 1. The van der Waals surface area contributed by atoms with Crippen LogP contribution in [0.5, 0.6) is 5.75 Å². The SMILES string of the molecule is COc1ccccc1-c1ccc2nc(N)ccc2c1.Cc1cc(C)c(S)c(C)c1. The smallest absolute Gasteiger partial charge is 0.126 e. The first-order valence-electron chi connectivity index (χ1n) is 9.45. The van der Waals surface area contributed by atoms with Crippen molar-refractivity contribution < 1.29 is 4.74 Å². The second-order valence-electron chi connectivity index (χ2n) is 7.09. The summed E-state index contributed by atoms with van der Waals surface area (Å²) in [5.74, 6) is 1.41. The number of ether oxygens (including phenoxy) is 1. The van der Waals surface area contributed by atoms with E-state index in [2.05, 4.69) is 56.6 Å². The van der Waals surface area contributed by atoms with Crippen LogP contribution in [-0.2, 0) is 0 Å². The van der Waals surface area contributed by atoms with Crippen molar-refractivity contribution in [2.24, 2.45) is 0 Å². The molecule has 4 rings (SSSR count). The van der Waals surface area contributed by atoms with Crippen molar-refractivity contribution in [1.82, 2.24) is 4.98 Å². The lowest BCUT2D eigenvalue weighted by Gasteiger charge is -2.09. The van der Waals surface area contributed by atoms with Crippen LogP contribution in [0.3, 0.4) is 0 Å². The molecular weight excluding hydrogens is 376 g/mol. The minimum absolute atomic E-state index is 0.539. The first-order chi connectivity index (χ1) is 13.9. The standard InChI is InChI=1S/C16H14N2O.C9H12S/c1-19-15-5-3-2-4-13(15)11-6-8-14-12(10-11)7-9-16(17)18-14;1-6-4-7(2)9(10)8(3)5-6/h2-10H,1H3,(H2,17,18);4-5,10H,1-3H3. The fourth-order valence-electron chi connectivity index (χ4n) is 3.36. The van der Waals surface area contributed by atoms with Crippen molar-refractivity contribution >= 4 is 29.3 Å². The Bertz CT molecular complexity index is 1130. The van der Waals surface area contributed by atoms with Crippen LogP contribution in [0.4, 0.5) is 5.82 Å². The zero-order valence-corrected chi connectivity index (χ0v) is 18.1. The summed E-state index contributed by atoms with van der Waals surface area (Å²) in [6.45, 7) is 6.28. The number of hydrogen-bond donors (Lipinski definition) is 2. The Hall–Kier alpha value is -2.98. The molecule has 3 aromatic carbocycles. The Labute approximate surface area is 178 Å². The van der Waals surface area contributed by atoms with Gasteiger partial charge in [0.15, 0.2) is 0 Å². The number of fused-ring (bicyclic) bond motifs is 1. The van der Waals surface area contributed by atoms with E-state index in [1.807, 2.05) is 48.5 Å². The van der Waals surface area contributed by atoms with E-state index in [1.54, 1.807) is 7.11 Å². The third-order valence-corrected chi connectivity index (χ3v) is 5.47. The summed E-state index contributed by atoms with van der Waals surface area (Å²) in [5, 5.41) is 1.07. The van der Waals surface area contributed by atoms with Gasteiger partial charge in [-0.1, -0.05) is 42.0 Å². The van der Waals surface area contributed by atoms with Gasteiger partial charge in [-0.3, -0.25) is 0 Å². The van der Waals surface area contributed by atoms with Gasteiger partial charge in [-0.2, -0.15) is 0 Å². The van der Waals surface area contributed by atoms with Crippen LogP contribution >= 0.6 is 12.6 Å². The van der Waals surface area contributed by atoms with Crippen LogP contribution in [0.15, 0.2) is 71.6 Å². The molecule has 0 amide bonds. The molecule has 29 heavy (non-hydrogen) atoms. The van der Waals surface area contributed by atoms with Gasteiger partial charge < -0.3 is 10.5 Å². The molecular formula is C25H26N2OS. The van der Waals surface area contributed by atoms with Gasteiger partial charge in [-0.05, 0) is 67.8 Å². The average molecular weight is 403 g/mol. The van der Waals surface area contributed by atoms with E-state index in [4.69, 9.17) is 10.5 Å². The minimum atomic E-state index is 0.539. The van der Waals surface area contributed by atoms with E-state index in [0.29, 0.717) is 5.82 Å². The van der Waals surface area contributed by atoms with Crippen molar-refractivity contribution in [3.63, 3.8) is 0 Å². The lowest BCUT2D eigenvalue weighted by atomic mass is 10.0. The minimum Gasteiger partial charge on any atom is -0.496 e. The molecule has 0 aliphatic carbocycles. The monoisotopic (exact) mass is 402 g/mol. The third kappa shape index (κ3) is 4.90. The molecule has 0 bridgehead atoms. The number of hydrogen-bond acceptors (Lipinski definition) is 4. The fourth-order valence-corrected chi connectivity index (χ4v) is 3.49. The number of anilines is 1. The summed E-state index contributed by atoms with van der Waals surface area (Å²) in [4.78, 5) is 5.42. The van der Waals surface area contributed by atoms with Crippen molar-refractivity contribution in [1.29, 1.82) is 0 Å². The Morgan fingerprint density at radius 3 is 2.24 bits per heavy atom. The summed E-state index contributed by atoms with van der Waals surface area (Å²) < 4.78 is 5.40. The maximum absolute atomic E-state index is 5.69. The molecule has 4 aromatic rings. The van der Waals surface area contributed by atoms with Crippen molar-refractivity contribution in [3.8, 4) is 16.9 Å². The highest BCUT2D eigenvalue weighted by atomic mass is 32.1. The number of nitrogens with zero attached hydrogens (tertiary/aromatic N) is 1. The van der Waals surface area contributed by atoms with Crippen molar-refractivity contribution in [2.45, 2.75) is 25.7 Å². The second kappa shape index (κ2) is 9.01. The van der Waals surface area contributed by atoms with Gasteiger partial charge in [-0.15, -0.1) is 12.6 Å². The molecule has 3 nitrogen and oxygen atoms in total. The fraction of sp³-hybridized carbons (Fsp3) is 0.160. The first kappa shape index (κ1) is 20.7. The van der Waals surface area contributed by atoms with Gasteiger partial charge in [0.2, 0.25) is 0 Å². The first-order valence-corrected chi connectivity index (χ1v) is 9.90. The maximum atomic E-state index is 5.69. The van der Waals surface area contributed by atoms with E-state index >= 15 is 0 Å². The zero-order chi connectivity index (χ0) is 21.0. The van der Waals surface area contributed by atoms with Gasteiger partial charge >= 0.3 is 0 Å². The van der Waals surface area contributed by atoms with E-state index in [0.717, 1.165) is 32.7 Å². The predicted molar refractivity (Wildman–Crippen MR) is 126 cm³/mol. The number of pyridine rings is 1. The lowest BCUT2D eigenvalue weighted by Crippen LogP contribution is -1.91. The number of aryl methyl sites for hydroxylation is 3. The topological polar surface area (TPSA) is 48.1 Å². The Kier molecular flexibility index (Phi) is 6.45. The Balaban J connectivity index is 0.000000204. The maximum Gasteiger partial charge on any atom is 0.126 e. The van der Waals surface area contributed by atoms with Gasteiger partial charge in [0.1, 0.15) is 11.6 Å². The number of rotatable bonds is 2. The van der Waals surface area contributed by atoms with Crippen LogP contribution in [0.2, 0.25) is 0 Å². The molecule has 1 heterocycles. The van der Waals surface area contributed by atoms with E-state index in [-0.39, 0.29) is 0 Å². The molecule has 0 saturated heterocycles. The van der Waals surface area contributed by atoms with Crippen LogP contribution in [0.25, 0.3) is 22.0 Å². The van der Waals surface area contributed by atoms with Crippen LogP contribution in [0, 0.1) is 20.8 Å². The van der Waals surface area contributed by atoms with E-state index < -0.39 is 0 Å². The van der Waals surface area contributed by atoms with Gasteiger partial charge in [0, 0.05) is 15.8 Å². The number of nitrogens with two attached hydrogens (primary N) is 1. The molecule has 0 aliphatic heterocycles. The van der Waals surface area contributed by atoms with E-state index in [1.165, 1.54) is 16.7 Å².